The van der Waals surface area contributed by atoms with Crippen molar-refractivity contribution < 1.29 is 18.3 Å². The zero-order valence-electron chi connectivity index (χ0n) is 14.1. The third-order valence-electron chi connectivity index (χ3n) is 4.19. The van der Waals surface area contributed by atoms with E-state index < -0.39 is 6.61 Å². The van der Waals surface area contributed by atoms with Crippen LogP contribution in [-0.4, -0.2) is 43.2 Å². The fraction of sp³-hybridized carbons (Fsp3) is 0.588. The first kappa shape index (κ1) is 18.4. The van der Waals surface area contributed by atoms with Gasteiger partial charge in [-0.05, 0) is 44.4 Å². The molecule has 0 saturated carbocycles. The van der Waals surface area contributed by atoms with E-state index in [0.29, 0.717) is 18.2 Å². The third-order valence-corrected chi connectivity index (χ3v) is 4.19. The smallest absolute Gasteiger partial charge is 0.387 e. The quantitative estimate of drug-likeness (QED) is 0.832. The highest BCUT2D eigenvalue weighted by Gasteiger charge is 2.21. The number of anilines is 1. The average Bonchev–Trinajstić information content (AvgIpc) is 2.52. The molecule has 1 fully saturated rings. The van der Waals surface area contributed by atoms with Gasteiger partial charge >= 0.3 is 12.6 Å². The minimum atomic E-state index is -2.89. The zero-order valence-corrected chi connectivity index (χ0v) is 14.1. The SMILES string of the molecule is CC1CCCN(C(C)CNC(=O)Nc2cccc(OC(F)F)c2)C1. The second-order valence-corrected chi connectivity index (χ2v) is 6.33. The Bertz CT molecular complexity index is 542. The number of piperidine rings is 1. The molecule has 1 aliphatic heterocycles. The van der Waals surface area contributed by atoms with Crippen molar-refractivity contribution >= 4 is 11.7 Å². The Kier molecular flexibility index (Phi) is 6.78. The van der Waals surface area contributed by atoms with E-state index in [0.717, 1.165) is 13.1 Å². The number of amides is 2. The first-order valence-corrected chi connectivity index (χ1v) is 8.28. The Labute approximate surface area is 141 Å². The van der Waals surface area contributed by atoms with Gasteiger partial charge in [-0.1, -0.05) is 13.0 Å². The monoisotopic (exact) mass is 341 g/mol. The van der Waals surface area contributed by atoms with E-state index in [-0.39, 0.29) is 17.8 Å². The van der Waals surface area contributed by atoms with E-state index in [4.69, 9.17) is 0 Å². The maximum Gasteiger partial charge on any atom is 0.387 e. The van der Waals surface area contributed by atoms with Gasteiger partial charge in [0.05, 0.1) is 0 Å². The van der Waals surface area contributed by atoms with Crippen LogP contribution in [0.3, 0.4) is 0 Å². The number of carbonyl (C=O) groups is 1. The molecule has 5 nitrogen and oxygen atoms in total. The molecule has 24 heavy (non-hydrogen) atoms. The molecule has 2 rings (SSSR count). The molecule has 1 aromatic rings. The first-order valence-electron chi connectivity index (χ1n) is 8.28. The molecule has 1 heterocycles. The summed E-state index contributed by atoms with van der Waals surface area (Å²) in [6, 6.07) is 5.84. The van der Waals surface area contributed by atoms with Gasteiger partial charge in [-0.25, -0.2) is 4.79 Å². The number of likely N-dealkylation sites (tertiary alicyclic amines) is 1. The number of nitrogens with zero attached hydrogens (tertiary/aromatic N) is 1. The summed E-state index contributed by atoms with van der Waals surface area (Å²) in [6.07, 6.45) is 2.45. The fourth-order valence-electron chi connectivity index (χ4n) is 2.92. The molecule has 0 radical (unpaired) electrons. The summed E-state index contributed by atoms with van der Waals surface area (Å²) >= 11 is 0. The standard InChI is InChI=1S/C17H25F2N3O2/c1-12-5-4-8-22(11-12)13(2)10-20-17(23)21-14-6-3-7-15(9-14)24-16(18)19/h3,6-7,9,12-13,16H,4-5,8,10-11H2,1-2H3,(H2,20,21,23). The summed E-state index contributed by atoms with van der Waals surface area (Å²) in [5, 5.41) is 5.45. The summed E-state index contributed by atoms with van der Waals surface area (Å²) in [5.41, 5.74) is 0.407. The number of urea groups is 1. The lowest BCUT2D eigenvalue weighted by molar-refractivity contribution is -0.0497. The fourth-order valence-corrected chi connectivity index (χ4v) is 2.92. The Morgan fingerprint density at radius 1 is 1.46 bits per heavy atom. The summed E-state index contributed by atoms with van der Waals surface area (Å²) in [7, 11) is 0. The molecule has 0 bridgehead atoms. The van der Waals surface area contributed by atoms with E-state index in [1.807, 2.05) is 0 Å². The number of benzene rings is 1. The highest BCUT2D eigenvalue weighted by Crippen LogP contribution is 2.19. The Morgan fingerprint density at radius 2 is 2.25 bits per heavy atom. The molecule has 1 saturated heterocycles. The van der Waals surface area contributed by atoms with Crippen LogP contribution in [-0.2, 0) is 0 Å². The second kappa shape index (κ2) is 8.82. The number of nitrogens with one attached hydrogen (secondary N) is 2. The van der Waals surface area contributed by atoms with Gasteiger partial charge in [0.1, 0.15) is 5.75 Å². The molecule has 2 unspecified atom stereocenters. The van der Waals surface area contributed by atoms with E-state index >= 15 is 0 Å². The molecular formula is C17H25F2N3O2. The highest BCUT2D eigenvalue weighted by atomic mass is 19.3. The van der Waals surface area contributed by atoms with Crippen LogP contribution in [0.2, 0.25) is 0 Å². The van der Waals surface area contributed by atoms with Crippen LogP contribution in [0.25, 0.3) is 0 Å². The minimum absolute atomic E-state index is 0.0125. The van der Waals surface area contributed by atoms with Crippen LogP contribution in [0, 0.1) is 5.92 Å². The summed E-state index contributed by atoms with van der Waals surface area (Å²) in [5.74, 6) is 0.700. The number of hydrogen-bond acceptors (Lipinski definition) is 3. The van der Waals surface area contributed by atoms with Crippen molar-refractivity contribution in [2.24, 2.45) is 5.92 Å². The average molecular weight is 341 g/mol. The van der Waals surface area contributed by atoms with Crippen molar-refractivity contribution in [2.45, 2.75) is 39.3 Å². The van der Waals surface area contributed by atoms with Crippen molar-refractivity contribution in [3.63, 3.8) is 0 Å². The first-order chi connectivity index (χ1) is 11.4. The van der Waals surface area contributed by atoms with E-state index in [1.54, 1.807) is 12.1 Å². The lowest BCUT2D eigenvalue weighted by atomic mass is 9.99. The van der Waals surface area contributed by atoms with Crippen LogP contribution in [0.15, 0.2) is 24.3 Å². The predicted molar refractivity (Wildman–Crippen MR) is 89.5 cm³/mol. The zero-order chi connectivity index (χ0) is 17.5. The highest BCUT2D eigenvalue weighted by molar-refractivity contribution is 5.89. The van der Waals surface area contributed by atoms with Crippen LogP contribution in [0.1, 0.15) is 26.7 Å². The van der Waals surface area contributed by atoms with Crippen LogP contribution in [0.5, 0.6) is 5.75 Å². The van der Waals surface area contributed by atoms with Crippen LogP contribution in [0.4, 0.5) is 19.3 Å². The van der Waals surface area contributed by atoms with Crippen LogP contribution >= 0.6 is 0 Å². The Hall–Kier alpha value is -1.89. The molecule has 7 heteroatoms. The topological polar surface area (TPSA) is 53.6 Å². The molecule has 0 spiro atoms. The Morgan fingerprint density at radius 3 is 2.96 bits per heavy atom. The van der Waals surface area contributed by atoms with Crippen molar-refractivity contribution in [3.05, 3.63) is 24.3 Å². The number of rotatable bonds is 6. The number of alkyl halides is 2. The van der Waals surface area contributed by atoms with Gasteiger partial charge < -0.3 is 15.4 Å². The van der Waals surface area contributed by atoms with Crippen molar-refractivity contribution in [1.29, 1.82) is 0 Å². The van der Waals surface area contributed by atoms with Gasteiger partial charge in [-0.3, -0.25) is 4.90 Å². The summed E-state index contributed by atoms with van der Waals surface area (Å²) in [6.45, 7) is 4.09. The van der Waals surface area contributed by atoms with Gasteiger partial charge in [0.15, 0.2) is 0 Å². The maximum absolute atomic E-state index is 12.2. The van der Waals surface area contributed by atoms with Gasteiger partial charge in [-0.15, -0.1) is 0 Å². The van der Waals surface area contributed by atoms with Gasteiger partial charge in [0.2, 0.25) is 0 Å². The molecule has 2 N–H and O–H groups in total. The molecule has 0 aliphatic carbocycles. The maximum atomic E-state index is 12.2. The Balaban J connectivity index is 1.78. The third kappa shape index (κ3) is 5.96. The summed E-state index contributed by atoms with van der Waals surface area (Å²) < 4.78 is 28.7. The minimum Gasteiger partial charge on any atom is -0.435 e. The normalized spacial score (nSPS) is 19.8. The second-order valence-electron chi connectivity index (χ2n) is 6.33. The van der Waals surface area contributed by atoms with Crippen molar-refractivity contribution in [2.75, 3.05) is 25.0 Å². The van der Waals surface area contributed by atoms with Gasteiger partial charge in [-0.2, -0.15) is 8.78 Å². The van der Waals surface area contributed by atoms with Crippen molar-refractivity contribution in [1.82, 2.24) is 10.2 Å². The van der Waals surface area contributed by atoms with E-state index in [2.05, 4.69) is 34.1 Å². The molecule has 0 aromatic heterocycles. The number of ether oxygens (including phenoxy) is 1. The number of hydrogen-bond donors (Lipinski definition) is 2. The predicted octanol–water partition coefficient (Wildman–Crippen LogP) is 3.53. The van der Waals surface area contributed by atoms with E-state index in [9.17, 15) is 13.6 Å². The molecule has 1 aromatic carbocycles. The number of halogens is 2. The van der Waals surface area contributed by atoms with Gasteiger partial charge in [0.25, 0.3) is 0 Å². The molecule has 2 atom stereocenters. The van der Waals surface area contributed by atoms with Gasteiger partial charge in [0, 0.05) is 30.9 Å². The lowest BCUT2D eigenvalue weighted by Crippen LogP contribution is -2.47. The van der Waals surface area contributed by atoms with Crippen molar-refractivity contribution in [3.8, 4) is 5.75 Å². The number of carbonyl (C=O) groups excluding carboxylic acids is 1. The van der Waals surface area contributed by atoms with Crippen LogP contribution < -0.4 is 15.4 Å². The molecular weight excluding hydrogens is 316 g/mol. The molecule has 1 aliphatic rings. The molecule has 2 amide bonds. The lowest BCUT2D eigenvalue weighted by Gasteiger charge is -2.35. The molecule has 134 valence electrons. The largest absolute Gasteiger partial charge is 0.435 e. The van der Waals surface area contributed by atoms with E-state index in [1.165, 1.54) is 25.0 Å². The summed E-state index contributed by atoms with van der Waals surface area (Å²) in [4.78, 5) is 14.3.